The van der Waals surface area contributed by atoms with Crippen molar-refractivity contribution in [3.63, 3.8) is 0 Å². The highest BCUT2D eigenvalue weighted by Gasteiger charge is 2.34. The van der Waals surface area contributed by atoms with Gasteiger partial charge in [-0.05, 0) is 66.6 Å². The highest BCUT2D eigenvalue weighted by Crippen LogP contribution is 2.25. The lowest BCUT2D eigenvalue weighted by atomic mass is 9.87. The maximum atomic E-state index is 13.0. The molecule has 8 heteroatoms. The SMILES string of the molecule is CCCNC(=O)C1CCCN1C(=O)c1ccc(NS(=O)(=O)c2ccc(C(C)(C)C)cc2)cc1. The molecular formula is C25H33N3O4S. The van der Waals surface area contributed by atoms with E-state index >= 15 is 0 Å². The van der Waals surface area contributed by atoms with Gasteiger partial charge in [0, 0.05) is 24.3 Å². The van der Waals surface area contributed by atoms with Crippen LogP contribution < -0.4 is 10.0 Å². The van der Waals surface area contributed by atoms with Gasteiger partial charge < -0.3 is 10.2 Å². The van der Waals surface area contributed by atoms with E-state index in [9.17, 15) is 18.0 Å². The number of rotatable bonds is 7. The topological polar surface area (TPSA) is 95.6 Å². The molecule has 0 spiro atoms. The third-order valence-electron chi connectivity index (χ3n) is 5.78. The Morgan fingerprint density at radius 3 is 2.24 bits per heavy atom. The summed E-state index contributed by atoms with van der Waals surface area (Å²) in [6.45, 7) is 9.31. The molecule has 1 atom stereocenters. The predicted molar refractivity (Wildman–Crippen MR) is 130 cm³/mol. The Hall–Kier alpha value is -2.87. The minimum Gasteiger partial charge on any atom is -0.354 e. The number of sulfonamides is 1. The summed E-state index contributed by atoms with van der Waals surface area (Å²) < 4.78 is 28.1. The van der Waals surface area contributed by atoms with Crippen LogP contribution in [0.3, 0.4) is 0 Å². The van der Waals surface area contributed by atoms with E-state index in [1.807, 2.05) is 19.1 Å². The average Bonchev–Trinajstić information content (AvgIpc) is 3.27. The average molecular weight is 472 g/mol. The van der Waals surface area contributed by atoms with Crippen molar-refractivity contribution in [1.82, 2.24) is 10.2 Å². The molecule has 178 valence electrons. The lowest BCUT2D eigenvalue weighted by Crippen LogP contribution is -2.46. The van der Waals surface area contributed by atoms with E-state index in [4.69, 9.17) is 0 Å². The second-order valence-electron chi connectivity index (χ2n) is 9.40. The first-order valence-corrected chi connectivity index (χ1v) is 12.8. The molecule has 2 N–H and O–H groups in total. The van der Waals surface area contributed by atoms with Crippen molar-refractivity contribution >= 4 is 27.5 Å². The summed E-state index contributed by atoms with van der Waals surface area (Å²) in [6.07, 6.45) is 2.26. The van der Waals surface area contributed by atoms with Crippen LogP contribution in [0.4, 0.5) is 5.69 Å². The maximum absolute atomic E-state index is 13.0. The summed E-state index contributed by atoms with van der Waals surface area (Å²) in [5.74, 6) is -0.346. The Morgan fingerprint density at radius 2 is 1.67 bits per heavy atom. The van der Waals surface area contributed by atoms with Gasteiger partial charge in [0.15, 0.2) is 0 Å². The molecule has 1 aliphatic heterocycles. The van der Waals surface area contributed by atoms with Crippen LogP contribution in [0.25, 0.3) is 0 Å². The molecular weight excluding hydrogens is 438 g/mol. The number of nitrogens with zero attached hydrogens (tertiary/aromatic N) is 1. The monoisotopic (exact) mass is 471 g/mol. The number of amides is 2. The third-order valence-corrected chi connectivity index (χ3v) is 7.18. The second kappa shape index (κ2) is 9.95. The molecule has 1 heterocycles. The van der Waals surface area contributed by atoms with Crippen LogP contribution in [-0.2, 0) is 20.2 Å². The normalized spacial score (nSPS) is 16.5. The van der Waals surface area contributed by atoms with Crippen LogP contribution in [0.1, 0.15) is 62.9 Å². The van der Waals surface area contributed by atoms with Gasteiger partial charge in [0.2, 0.25) is 5.91 Å². The highest BCUT2D eigenvalue weighted by molar-refractivity contribution is 7.92. The molecule has 1 fully saturated rings. The summed E-state index contributed by atoms with van der Waals surface area (Å²) in [5, 5.41) is 2.86. The first kappa shape index (κ1) is 24.8. The van der Waals surface area contributed by atoms with E-state index in [1.165, 1.54) is 0 Å². The van der Waals surface area contributed by atoms with Crippen molar-refractivity contribution in [2.75, 3.05) is 17.8 Å². The Balaban J connectivity index is 1.69. The van der Waals surface area contributed by atoms with E-state index in [0.29, 0.717) is 30.8 Å². The van der Waals surface area contributed by atoms with Crippen LogP contribution in [-0.4, -0.2) is 44.3 Å². The fraction of sp³-hybridized carbons (Fsp3) is 0.440. The van der Waals surface area contributed by atoms with E-state index in [1.54, 1.807) is 41.3 Å². The number of carbonyl (C=O) groups excluding carboxylic acids is 2. The number of likely N-dealkylation sites (tertiary alicyclic amines) is 1. The summed E-state index contributed by atoms with van der Waals surface area (Å²) in [6, 6.07) is 12.7. The lowest BCUT2D eigenvalue weighted by Gasteiger charge is -2.24. The molecule has 0 aromatic heterocycles. The predicted octanol–water partition coefficient (Wildman–Crippen LogP) is 3.92. The molecule has 0 saturated carbocycles. The maximum Gasteiger partial charge on any atom is 0.261 e. The number of hydrogen-bond donors (Lipinski definition) is 2. The summed E-state index contributed by atoms with van der Waals surface area (Å²) in [5.41, 5.74) is 1.77. The van der Waals surface area contributed by atoms with Crippen molar-refractivity contribution in [1.29, 1.82) is 0 Å². The number of anilines is 1. The molecule has 0 aliphatic carbocycles. The van der Waals surface area contributed by atoms with Crippen molar-refractivity contribution in [3.8, 4) is 0 Å². The molecule has 7 nitrogen and oxygen atoms in total. The Kier molecular flexibility index (Phi) is 7.47. The van der Waals surface area contributed by atoms with Crippen LogP contribution in [0.5, 0.6) is 0 Å². The molecule has 3 rings (SSSR count). The molecule has 2 aromatic carbocycles. The molecule has 1 saturated heterocycles. The highest BCUT2D eigenvalue weighted by atomic mass is 32.2. The summed E-state index contributed by atoms with van der Waals surface area (Å²) in [4.78, 5) is 27.1. The zero-order valence-corrected chi connectivity index (χ0v) is 20.5. The minimum atomic E-state index is -3.75. The van der Waals surface area contributed by atoms with Crippen molar-refractivity contribution in [2.24, 2.45) is 0 Å². The van der Waals surface area contributed by atoms with Gasteiger partial charge in [0.1, 0.15) is 6.04 Å². The molecule has 2 aromatic rings. The quantitative estimate of drug-likeness (QED) is 0.640. The molecule has 0 radical (unpaired) electrons. The smallest absolute Gasteiger partial charge is 0.261 e. The van der Waals surface area contributed by atoms with Crippen LogP contribution in [0.15, 0.2) is 53.4 Å². The minimum absolute atomic E-state index is 0.0664. The Bertz CT molecular complexity index is 1090. The van der Waals surface area contributed by atoms with Gasteiger partial charge in [0.25, 0.3) is 15.9 Å². The second-order valence-corrected chi connectivity index (χ2v) is 11.1. The number of benzene rings is 2. The van der Waals surface area contributed by atoms with E-state index in [-0.39, 0.29) is 22.1 Å². The van der Waals surface area contributed by atoms with Gasteiger partial charge in [-0.25, -0.2) is 8.42 Å². The van der Waals surface area contributed by atoms with Gasteiger partial charge in [-0.1, -0.05) is 39.8 Å². The first-order chi connectivity index (χ1) is 15.5. The standard InChI is InChI=1S/C25H33N3O4S/c1-5-16-26-23(29)22-7-6-17-28(22)24(30)18-8-12-20(13-9-18)27-33(31,32)21-14-10-19(11-15-21)25(2,3)4/h8-15,22,27H,5-7,16-17H2,1-4H3,(H,26,29). The van der Waals surface area contributed by atoms with Crippen molar-refractivity contribution in [3.05, 3.63) is 59.7 Å². The molecule has 0 bridgehead atoms. The van der Waals surface area contributed by atoms with Crippen LogP contribution in [0.2, 0.25) is 0 Å². The Morgan fingerprint density at radius 1 is 1.03 bits per heavy atom. The van der Waals surface area contributed by atoms with Crippen LogP contribution >= 0.6 is 0 Å². The Labute approximate surface area is 196 Å². The van der Waals surface area contributed by atoms with Gasteiger partial charge in [-0.3, -0.25) is 14.3 Å². The summed E-state index contributed by atoms with van der Waals surface area (Å²) in [7, 11) is -3.75. The van der Waals surface area contributed by atoms with Gasteiger partial charge in [-0.2, -0.15) is 0 Å². The van der Waals surface area contributed by atoms with Gasteiger partial charge >= 0.3 is 0 Å². The fourth-order valence-corrected chi connectivity index (χ4v) is 4.90. The first-order valence-electron chi connectivity index (χ1n) is 11.3. The van der Waals surface area contributed by atoms with E-state index in [0.717, 1.165) is 18.4 Å². The molecule has 1 aliphatic rings. The van der Waals surface area contributed by atoms with Crippen molar-refractivity contribution in [2.45, 2.75) is 63.3 Å². The molecule has 33 heavy (non-hydrogen) atoms. The fourth-order valence-electron chi connectivity index (χ4n) is 3.84. The zero-order chi connectivity index (χ0) is 24.2. The summed E-state index contributed by atoms with van der Waals surface area (Å²) >= 11 is 0. The number of hydrogen-bond acceptors (Lipinski definition) is 4. The van der Waals surface area contributed by atoms with Gasteiger partial charge in [-0.15, -0.1) is 0 Å². The van der Waals surface area contributed by atoms with Crippen molar-refractivity contribution < 1.29 is 18.0 Å². The van der Waals surface area contributed by atoms with E-state index in [2.05, 4.69) is 30.8 Å². The van der Waals surface area contributed by atoms with E-state index < -0.39 is 16.1 Å². The molecule has 2 amide bonds. The number of carbonyl (C=O) groups is 2. The molecule has 1 unspecified atom stereocenters. The zero-order valence-electron chi connectivity index (χ0n) is 19.7. The lowest BCUT2D eigenvalue weighted by molar-refractivity contribution is -0.124. The number of nitrogens with one attached hydrogen (secondary N) is 2. The third kappa shape index (κ3) is 5.93. The largest absolute Gasteiger partial charge is 0.354 e. The van der Waals surface area contributed by atoms with Gasteiger partial charge in [0.05, 0.1) is 4.90 Å². The van der Waals surface area contributed by atoms with Crippen LogP contribution in [0, 0.1) is 0 Å².